The molecule has 0 bridgehead atoms. The van der Waals surface area contributed by atoms with Crippen molar-refractivity contribution in [1.82, 2.24) is 10.6 Å². The fourth-order valence-electron chi connectivity index (χ4n) is 2.50. The van der Waals surface area contributed by atoms with E-state index >= 15 is 0 Å². The molecule has 0 amide bonds. The Morgan fingerprint density at radius 1 is 1.40 bits per heavy atom. The van der Waals surface area contributed by atoms with Gasteiger partial charge in [0.1, 0.15) is 0 Å². The van der Waals surface area contributed by atoms with E-state index in [1.807, 2.05) is 0 Å². The lowest BCUT2D eigenvalue weighted by Gasteiger charge is -2.17. The zero-order valence-electron chi connectivity index (χ0n) is 14.0. The van der Waals surface area contributed by atoms with E-state index in [0.29, 0.717) is 24.5 Å². The van der Waals surface area contributed by atoms with Crippen LogP contribution in [-0.2, 0) is 16.4 Å². The molecule has 0 aromatic heterocycles. The smallest absolute Gasteiger partial charge is 0.387 e. The average molecular weight is 377 g/mol. The maximum Gasteiger partial charge on any atom is 0.387 e. The molecular formula is C15H21F2N3O4S. The van der Waals surface area contributed by atoms with Gasteiger partial charge in [0.2, 0.25) is 0 Å². The summed E-state index contributed by atoms with van der Waals surface area (Å²) in [6.07, 6.45) is 0.526. The number of guanidine groups is 1. The Bertz CT molecular complexity index is 725. The van der Waals surface area contributed by atoms with Gasteiger partial charge in [-0.2, -0.15) is 8.78 Å². The van der Waals surface area contributed by atoms with E-state index in [4.69, 9.17) is 4.74 Å². The largest absolute Gasteiger partial charge is 0.493 e. The minimum Gasteiger partial charge on any atom is -0.493 e. The fraction of sp³-hybridized carbons (Fsp3) is 0.533. The maximum absolute atomic E-state index is 12.5. The van der Waals surface area contributed by atoms with Gasteiger partial charge in [0, 0.05) is 19.6 Å². The van der Waals surface area contributed by atoms with Crippen molar-refractivity contribution in [2.24, 2.45) is 4.99 Å². The number of nitrogens with zero attached hydrogens (tertiary/aromatic N) is 1. The van der Waals surface area contributed by atoms with Gasteiger partial charge in [-0.15, -0.1) is 0 Å². The molecule has 1 aliphatic heterocycles. The second-order valence-electron chi connectivity index (χ2n) is 5.53. The molecule has 2 rings (SSSR count). The van der Waals surface area contributed by atoms with E-state index in [0.717, 1.165) is 0 Å². The number of alkyl halides is 2. The van der Waals surface area contributed by atoms with Crippen LogP contribution in [0.2, 0.25) is 0 Å². The van der Waals surface area contributed by atoms with E-state index in [1.165, 1.54) is 19.2 Å². The molecule has 10 heteroatoms. The number of halogens is 2. The van der Waals surface area contributed by atoms with Crippen LogP contribution in [0.15, 0.2) is 23.2 Å². The van der Waals surface area contributed by atoms with Crippen LogP contribution in [-0.4, -0.2) is 52.7 Å². The zero-order chi connectivity index (χ0) is 18.4. The molecule has 0 aliphatic carbocycles. The third-order valence-electron chi connectivity index (χ3n) is 3.70. The average Bonchev–Trinajstić information content (AvgIpc) is 2.89. The molecule has 1 aromatic rings. The van der Waals surface area contributed by atoms with Gasteiger partial charge in [-0.25, -0.2) is 8.42 Å². The lowest BCUT2D eigenvalue weighted by molar-refractivity contribution is -0.0512. The van der Waals surface area contributed by atoms with Crippen LogP contribution in [0.1, 0.15) is 12.0 Å². The molecule has 0 radical (unpaired) electrons. The first-order valence-electron chi connectivity index (χ1n) is 7.62. The van der Waals surface area contributed by atoms with Crippen LogP contribution in [0.3, 0.4) is 0 Å². The summed E-state index contributed by atoms with van der Waals surface area (Å²) in [5.41, 5.74) is 0.679. The van der Waals surface area contributed by atoms with Crippen LogP contribution in [0.5, 0.6) is 11.5 Å². The second kappa shape index (κ2) is 8.32. The number of nitrogens with one attached hydrogen (secondary N) is 2. The monoisotopic (exact) mass is 377 g/mol. The minimum absolute atomic E-state index is 0.0540. The highest BCUT2D eigenvalue weighted by Crippen LogP contribution is 2.29. The van der Waals surface area contributed by atoms with Crippen molar-refractivity contribution in [2.45, 2.75) is 25.6 Å². The van der Waals surface area contributed by atoms with Gasteiger partial charge in [0.15, 0.2) is 27.3 Å². The molecule has 7 nitrogen and oxygen atoms in total. The predicted octanol–water partition coefficient (Wildman–Crippen LogP) is 1.15. The third-order valence-corrected chi connectivity index (χ3v) is 5.47. The lowest BCUT2D eigenvalue weighted by atomic mass is 10.2. The summed E-state index contributed by atoms with van der Waals surface area (Å²) < 4.78 is 57.3. The molecule has 0 spiro atoms. The van der Waals surface area contributed by atoms with Crippen LogP contribution in [0, 0.1) is 0 Å². The van der Waals surface area contributed by atoms with E-state index in [9.17, 15) is 17.2 Å². The third kappa shape index (κ3) is 5.73. The SMILES string of the molecule is CN=C(NCc1ccc(OC)c(OC(F)F)c1)NC1CCS(=O)(=O)C1. The number of rotatable bonds is 6. The molecule has 1 fully saturated rings. The van der Waals surface area contributed by atoms with Crippen LogP contribution >= 0.6 is 0 Å². The fourth-order valence-corrected chi connectivity index (χ4v) is 4.18. The van der Waals surface area contributed by atoms with Gasteiger partial charge in [0.05, 0.1) is 18.6 Å². The second-order valence-corrected chi connectivity index (χ2v) is 7.76. The first-order valence-corrected chi connectivity index (χ1v) is 9.44. The summed E-state index contributed by atoms with van der Waals surface area (Å²) in [6.45, 7) is -2.65. The normalized spacial score (nSPS) is 19.7. The summed E-state index contributed by atoms with van der Waals surface area (Å²) in [7, 11) is -0.0524. The van der Waals surface area contributed by atoms with Crippen molar-refractivity contribution in [2.75, 3.05) is 25.7 Å². The van der Waals surface area contributed by atoms with Crippen molar-refractivity contribution in [1.29, 1.82) is 0 Å². The van der Waals surface area contributed by atoms with Crippen molar-refractivity contribution in [3.63, 3.8) is 0 Å². The highest BCUT2D eigenvalue weighted by molar-refractivity contribution is 7.91. The van der Waals surface area contributed by atoms with Crippen molar-refractivity contribution in [3.05, 3.63) is 23.8 Å². The first kappa shape index (κ1) is 19.2. The Labute approximate surface area is 145 Å². The van der Waals surface area contributed by atoms with Crippen LogP contribution in [0.25, 0.3) is 0 Å². The Morgan fingerprint density at radius 2 is 2.16 bits per heavy atom. The predicted molar refractivity (Wildman–Crippen MR) is 90.0 cm³/mol. The molecule has 2 N–H and O–H groups in total. The number of hydrogen-bond acceptors (Lipinski definition) is 5. The Balaban J connectivity index is 1.97. The number of sulfone groups is 1. The summed E-state index contributed by atoms with van der Waals surface area (Å²) in [4.78, 5) is 4.04. The molecule has 140 valence electrons. The van der Waals surface area contributed by atoms with E-state index in [1.54, 1.807) is 13.1 Å². The van der Waals surface area contributed by atoms with Gasteiger partial charge < -0.3 is 20.1 Å². The number of aliphatic imine (C=N–C) groups is 1. The quantitative estimate of drug-likeness (QED) is 0.571. The molecule has 1 aliphatic rings. The molecule has 0 saturated carbocycles. The molecule has 1 heterocycles. The molecule has 25 heavy (non-hydrogen) atoms. The van der Waals surface area contributed by atoms with Crippen molar-refractivity contribution in [3.8, 4) is 11.5 Å². The Hall–Kier alpha value is -2.10. The highest BCUT2D eigenvalue weighted by atomic mass is 32.2. The summed E-state index contributed by atoms with van der Waals surface area (Å²) in [5.74, 6) is 0.829. The van der Waals surface area contributed by atoms with Gasteiger partial charge in [-0.3, -0.25) is 4.99 Å². The van der Waals surface area contributed by atoms with Crippen LogP contribution < -0.4 is 20.1 Å². The van der Waals surface area contributed by atoms with Crippen molar-refractivity contribution < 1.29 is 26.7 Å². The first-order chi connectivity index (χ1) is 11.8. The number of methoxy groups -OCH3 is 1. The number of hydrogen-bond donors (Lipinski definition) is 2. The van der Waals surface area contributed by atoms with Gasteiger partial charge in [-0.1, -0.05) is 6.07 Å². The van der Waals surface area contributed by atoms with Gasteiger partial charge in [-0.05, 0) is 24.1 Å². The van der Waals surface area contributed by atoms with Gasteiger partial charge >= 0.3 is 6.61 Å². The summed E-state index contributed by atoms with van der Waals surface area (Å²) in [5, 5.41) is 6.06. The zero-order valence-corrected chi connectivity index (χ0v) is 14.8. The molecular weight excluding hydrogens is 356 g/mol. The molecule has 1 aromatic carbocycles. The molecule has 1 saturated heterocycles. The van der Waals surface area contributed by atoms with E-state index < -0.39 is 16.4 Å². The Kier molecular flexibility index (Phi) is 6.40. The minimum atomic E-state index is -2.99. The lowest BCUT2D eigenvalue weighted by Crippen LogP contribution is -2.43. The number of ether oxygens (including phenoxy) is 2. The van der Waals surface area contributed by atoms with E-state index in [2.05, 4.69) is 20.4 Å². The van der Waals surface area contributed by atoms with Crippen LogP contribution in [0.4, 0.5) is 8.78 Å². The maximum atomic E-state index is 12.5. The topological polar surface area (TPSA) is 89.0 Å². The Morgan fingerprint density at radius 3 is 2.72 bits per heavy atom. The summed E-state index contributed by atoms with van der Waals surface area (Å²) >= 11 is 0. The highest BCUT2D eigenvalue weighted by Gasteiger charge is 2.28. The standard InChI is InChI=1S/C15H21F2N3O4S/c1-18-15(20-11-5-6-25(21,22)9-11)19-8-10-3-4-12(23-2)13(7-10)24-14(16)17/h3-4,7,11,14H,5-6,8-9H2,1-2H3,(H2,18,19,20). The van der Waals surface area contributed by atoms with Gasteiger partial charge in [0.25, 0.3) is 0 Å². The number of benzene rings is 1. The van der Waals surface area contributed by atoms with E-state index in [-0.39, 0.29) is 29.0 Å². The molecule has 1 atom stereocenters. The molecule has 1 unspecified atom stereocenters. The summed E-state index contributed by atoms with van der Waals surface area (Å²) in [6, 6.07) is 4.50. The van der Waals surface area contributed by atoms with Crippen molar-refractivity contribution >= 4 is 15.8 Å².